The lowest BCUT2D eigenvalue weighted by molar-refractivity contribution is 0.0995. The summed E-state index contributed by atoms with van der Waals surface area (Å²) >= 11 is 6.40. The van der Waals surface area contributed by atoms with Crippen molar-refractivity contribution in [3.05, 3.63) is 33.8 Å². The molecule has 0 bridgehead atoms. The monoisotopic (exact) mass is 322 g/mol. The van der Waals surface area contributed by atoms with Crippen LogP contribution in [-0.4, -0.2) is 10.6 Å². The Kier molecular flexibility index (Phi) is 4.26. The van der Waals surface area contributed by atoms with E-state index in [9.17, 15) is 9.18 Å². The van der Waals surface area contributed by atoms with Gasteiger partial charge in [0.25, 0.3) is 0 Å². The van der Waals surface area contributed by atoms with E-state index in [2.05, 4.69) is 31.9 Å². The number of rotatable bonds is 3. The van der Waals surface area contributed by atoms with Crippen LogP contribution < -0.4 is 0 Å². The van der Waals surface area contributed by atoms with Crippen molar-refractivity contribution in [1.82, 2.24) is 0 Å². The van der Waals surface area contributed by atoms with Gasteiger partial charge in [0, 0.05) is 10.0 Å². The molecule has 0 aliphatic rings. The standard InChI is InChI=1S/C10H9Br2FO/c1-6(11)10(14)7-2-3-9(12)8(4-7)5-13/h2-4,6H,5H2,1H3. The Bertz CT molecular complexity index is 350. The van der Waals surface area contributed by atoms with Gasteiger partial charge in [-0.1, -0.05) is 37.9 Å². The minimum absolute atomic E-state index is 0.0350. The number of ketones is 1. The van der Waals surface area contributed by atoms with E-state index in [1.165, 1.54) is 0 Å². The van der Waals surface area contributed by atoms with Gasteiger partial charge in [-0.3, -0.25) is 4.79 Å². The molecule has 0 amide bonds. The number of carbonyl (C=O) groups is 1. The molecule has 1 aromatic carbocycles. The molecule has 1 nitrogen and oxygen atoms in total. The van der Waals surface area contributed by atoms with Gasteiger partial charge < -0.3 is 0 Å². The Labute approximate surface area is 99.0 Å². The molecular formula is C10H9Br2FO. The molecule has 0 heterocycles. The molecule has 0 radical (unpaired) electrons. The number of carbonyl (C=O) groups excluding carboxylic acids is 1. The summed E-state index contributed by atoms with van der Waals surface area (Å²) in [5.41, 5.74) is 1.04. The molecule has 0 aliphatic carbocycles. The lowest BCUT2D eigenvalue weighted by Crippen LogP contribution is -2.10. The van der Waals surface area contributed by atoms with E-state index >= 15 is 0 Å². The van der Waals surface area contributed by atoms with Gasteiger partial charge >= 0.3 is 0 Å². The summed E-state index contributed by atoms with van der Waals surface area (Å²) in [4.78, 5) is 11.3. The van der Waals surface area contributed by atoms with E-state index in [4.69, 9.17) is 0 Å². The summed E-state index contributed by atoms with van der Waals surface area (Å²) in [6.45, 7) is 1.18. The fraction of sp³-hybridized carbons (Fsp3) is 0.300. The third-order valence-corrected chi connectivity index (χ3v) is 3.02. The number of Topliss-reactive ketones (excluding diaryl/α,β-unsaturated/α-hetero) is 1. The van der Waals surface area contributed by atoms with E-state index < -0.39 is 6.67 Å². The van der Waals surface area contributed by atoms with Gasteiger partial charge in [-0.25, -0.2) is 4.39 Å². The maximum atomic E-state index is 12.5. The quantitative estimate of drug-likeness (QED) is 0.609. The van der Waals surface area contributed by atoms with Crippen molar-refractivity contribution < 1.29 is 9.18 Å². The fourth-order valence-electron chi connectivity index (χ4n) is 1.06. The van der Waals surface area contributed by atoms with Crippen LogP contribution in [0.3, 0.4) is 0 Å². The minimum Gasteiger partial charge on any atom is -0.293 e. The first kappa shape index (κ1) is 11.9. The second-order valence-corrected chi connectivity index (χ2v) is 5.15. The second-order valence-electron chi connectivity index (χ2n) is 2.92. The maximum Gasteiger partial charge on any atom is 0.176 e. The van der Waals surface area contributed by atoms with Crippen LogP contribution in [-0.2, 0) is 6.67 Å². The van der Waals surface area contributed by atoms with Crippen molar-refractivity contribution in [1.29, 1.82) is 0 Å². The Morgan fingerprint density at radius 1 is 1.57 bits per heavy atom. The molecule has 0 N–H and O–H groups in total. The summed E-state index contributed by atoms with van der Waals surface area (Å²) in [6.07, 6.45) is 0. The maximum absolute atomic E-state index is 12.5. The van der Waals surface area contributed by atoms with Crippen molar-refractivity contribution >= 4 is 37.6 Å². The lowest BCUT2D eigenvalue weighted by atomic mass is 10.1. The average molecular weight is 324 g/mol. The van der Waals surface area contributed by atoms with Gasteiger partial charge in [0.05, 0.1) is 4.83 Å². The first-order valence-corrected chi connectivity index (χ1v) is 5.79. The van der Waals surface area contributed by atoms with Crippen LogP contribution in [0.15, 0.2) is 22.7 Å². The zero-order chi connectivity index (χ0) is 10.7. The van der Waals surface area contributed by atoms with E-state index in [0.717, 1.165) is 0 Å². The summed E-state index contributed by atoms with van der Waals surface area (Å²) in [5.74, 6) is -0.0350. The van der Waals surface area contributed by atoms with Gasteiger partial charge in [0.2, 0.25) is 0 Å². The molecular weight excluding hydrogens is 315 g/mol. The molecule has 0 spiro atoms. The molecule has 14 heavy (non-hydrogen) atoms. The molecule has 76 valence electrons. The summed E-state index contributed by atoms with van der Waals surface area (Å²) in [7, 11) is 0. The minimum atomic E-state index is -0.571. The highest BCUT2D eigenvalue weighted by Gasteiger charge is 2.13. The van der Waals surface area contributed by atoms with Crippen LogP contribution in [0.2, 0.25) is 0 Å². The van der Waals surface area contributed by atoms with Gasteiger partial charge in [-0.15, -0.1) is 0 Å². The van der Waals surface area contributed by atoms with Gasteiger partial charge in [0.15, 0.2) is 5.78 Å². The van der Waals surface area contributed by atoms with Crippen LogP contribution >= 0.6 is 31.9 Å². The number of hydrogen-bond acceptors (Lipinski definition) is 1. The fourth-order valence-corrected chi connectivity index (χ4v) is 1.68. The van der Waals surface area contributed by atoms with Crippen molar-refractivity contribution in [2.24, 2.45) is 0 Å². The molecule has 0 saturated heterocycles. The molecule has 0 fully saturated rings. The van der Waals surface area contributed by atoms with Crippen LogP contribution in [0.5, 0.6) is 0 Å². The van der Waals surface area contributed by atoms with Crippen LogP contribution in [0.25, 0.3) is 0 Å². The average Bonchev–Trinajstić information content (AvgIpc) is 2.17. The highest BCUT2D eigenvalue weighted by atomic mass is 79.9. The van der Waals surface area contributed by atoms with Crippen molar-refractivity contribution in [3.63, 3.8) is 0 Å². The van der Waals surface area contributed by atoms with Crippen LogP contribution in [0.4, 0.5) is 4.39 Å². The molecule has 0 saturated carbocycles. The number of halogens is 3. The molecule has 1 atom stereocenters. The summed E-state index contributed by atoms with van der Waals surface area (Å²) in [6, 6.07) is 4.95. The number of hydrogen-bond donors (Lipinski definition) is 0. The normalized spacial score (nSPS) is 12.6. The molecule has 1 unspecified atom stereocenters. The van der Waals surface area contributed by atoms with E-state index in [0.29, 0.717) is 15.6 Å². The largest absolute Gasteiger partial charge is 0.293 e. The van der Waals surface area contributed by atoms with Gasteiger partial charge in [0.1, 0.15) is 6.67 Å². The zero-order valence-corrected chi connectivity index (χ0v) is 10.7. The van der Waals surface area contributed by atoms with E-state index in [-0.39, 0.29) is 10.6 Å². The lowest BCUT2D eigenvalue weighted by Gasteiger charge is -2.05. The molecule has 1 aromatic rings. The Morgan fingerprint density at radius 3 is 2.71 bits per heavy atom. The van der Waals surface area contributed by atoms with E-state index in [1.54, 1.807) is 25.1 Å². The predicted molar refractivity (Wildman–Crippen MR) is 61.7 cm³/mol. The Hall–Kier alpha value is -0.220. The third kappa shape index (κ3) is 2.64. The Balaban J connectivity index is 3.06. The highest BCUT2D eigenvalue weighted by molar-refractivity contribution is 9.10. The van der Waals surface area contributed by atoms with Crippen molar-refractivity contribution in [3.8, 4) is 0 Å². The summed E-state index contributed by atoms with van der Waals surface area (Å²) in [5, 5.41) is 0. The molecule has 0 aromatic heterocycles. The van der Waals surface area contributed by atoms with Crippen molar-refractivity contribution in [2.45, 2.75) is 18.4 Å². The van der Waals surface area contributed by atoms with Crippen molar-refractivity contribution in [2.75, 3.05) is 0 Å². The van der Waals surface area contributed by atoms with Gasteiger partial charge in [-0.2, -0.15) is 0 Å². The Morgan fingerprint density at radius 2 is 2.21 bits per heavy atom. The second kappa shape index (κ2) is 5.03. The van der Waals surface area contributed by atoms with Crippen LogP contribution in [0, 0.1) is 0 Å². The highest BCUT2D eigenvalue weighted by Crippen LogP contribution is 2.21. The number of benzene rings is 1. The first-order valence-electron chi connectivity index (χ1n) is 4.09. The molecule has 4 heteroatoms. The predicted octanol–water partition coefficient (Wildman–Crippen LogP) is 3.88. The van der Waals surface area contributed by atoms with Gasteiger partial charge in [-0.05, 0) is 24.6 Å². The zero-order valence-electron chi connectivity index (χ0n) is 7.56. The third-order valence-electron chi connectivity index (χ3n) is 1.84. The SMILES string of the molecule is CC(Br)C(=O)c1ccc(Br)c(CF)c1. The smallest absolute Gasteiger partial charge is 0.176 e. The molecule has 1 rings (SSSR count). The summed E-state index contributed by atoms with van der Waals surface area (Å²) < 4.78 is 13.2. The topological polar surface area (TPSA) is 17.1 Å². The van der Waals surface area contributed by atoms with E-state index in [1.807, 2.05) is 0 Å². The number of alkyl halides is 2. The first-order chi connectivity index (χ1) is 6.56. The van der Waals surface area contributed by atoms with Crippen LogP contribution in [0.1, 0.15) is 22.8 Å². The molecule has 0 aliphatic heterocycles.